The van der Waals surface area contributed by atoms with Crippen molar-refractivity contribution in [1.82, 2.24) is 20.2 Å². The molecule has 3 rings (SSSR count). The van der Waals surface area contributed by atoms with E-state index in [1.165, 1.54) is 25.9 Å². The molecule has 0 radical (unpaired) electrons. The van der Waals surface area contributed by atoms with E-state index in [1.807, 2.05) is 13.0 Å². The summed E-state index contributed by atoms with van der Waals surface area (Å²) in [6, 6.07) is 2.48. The Bertz CT molecular complexity index is 565. The van der Waals surface area contributed by atoms with Gasteiger partial charge in [0.1, 0.15) is 0 Å². The van der Waals surface area contributed by atoms with E-state index in [2.05, 4.69) is 32.0 Å². The maximum Gasteiger partial charge on any atom is 0.225 e. The minimum absolute atomic E-state index is 0.128. The lowest BCUT2D eigenvalue weighted by atomic mass is 9.96. The number of hydrogen-bond acceptors (Lipinski definition) is 5. The molecule has 3 heterocycles. The fourth-order valence-electron chi connectivity index (χ4n) is 3.84. The molecule has 25 heavy (non-hydrogen) atoms. The van der Waals surface area contributed by atoms with E-state index in [0.717, 1.165) is 50.5 Å². The molecule has 0 aliphatic carbocycles. The summed E-state index contributed by atoms with van der Waals surface area (Å²) < 4.78 is 0. The van der Waals surface area contributed by atoms with Gasteiger partial charge in [-0.1, -0.05) is 0 Å². The lowest BCUT2D eigenvalue weighted by molar-refractivity contribution is -0.125. The van der Waals surface area contributed by atoms with Crippen LogP contribution in [0.3, 0.4) is 0 Å². The molecule has 0 aromatic carbocycles. The number of amides is 1. The summed E-state index contributed by atoms with van der Waals surface area (Å²) in [6.45, 7) is 9.19. The fourth-order valence-corrected chi connectivity index (χ4v) is 3.84. The molecule has 1 unspecified atom stereocenters. The Kier molecular flexibility index (Phi) is 6.24. The van der Waals surface area contributed by atoms with Crippen LogP contribution in [-0.4, -0.2) is 59.5 Å². The minimum Gasteiger partial charge on any atom is -0.356 e. The number of piperidine rings is 1. The smallest absolute Gasteiger partial charge is 0.225 e. The maximum atomic E-state index is 12.4. The number of aromatic nitrogens is 2. The van der Waals surface area contributed by atoms with E-state index in [-0.39, 0.29) is 11.8 Å². The summed E-state index contributed by atoms with van der Waals surface area (Å²) >= 11 is 0. The Labute approximate surface area is 151 Å². The molecule has 1 aromatic heterocycles. The van der Waals surface area contributed by atoms with E-state index in [9.17, 15) is 4.79 Å². The quantitative estimate of drug-likeness (QED) is 0.854. The van der Waals surface area contributed by atoms with Crippen LogP contribution in [0.2, 0.25) is 0 Å². The van der Waals surface area contributed by atoms with Crippen LogP contribution in [-0.2, 0) is 4.79 Å². The molecule has 138 valence electrons. The van der Waals surface area contributed by atoms with Crippen molar-refractivity contribution in [2.45, 2.75) is 52.0 Å². The normalized spacial score (nSPS) is 20.6. The van der Waals surface area contributed by atoms with Crippen LogP contribution in [0.5, 0.6) is 0 Å². The first-order chi connectivity index (χ1) is 12.1. The molecule has 0 bridgehead atoms. The second-order valence-electron chi connectivity index (χ2n) is 7.43. The number of anilines is 1. The van der Waals surface area contributed by atoms with Gasteiger partial charge >= 0.3 is 0 Å². The monoisotopic (exact) mass is 345 g/mol. The van der Waals surface area contributed by atoms with Crippen molar-refractivity contribution >= 4 is 11.9 Å². The van der Waals surface area contributed by atoms with Crippen LogP contribution in [0.15, 0.2) is 12.3 Å². The van der Waals surface area contributed by atoms with Crippen molar-refractivity contribution in [1.29, 1.82) is 0 Å². The zero-order valence-electron chi connectivity index (χ0n) is 15.6. The van der Waals surface area contributed by atoms with Crippen molar-refractivity contribution in [3.63, 3.8) is 0 Å². The van der Waals surface area contributed by atoms with E-state index >= 15 is 0 Å². The predicted octanol–water partition coefficient (Wildman–Crippen LogP) is 1.99. The summed E-state index contributed by atoms with van der Waals surface area (Å²) in [5.74, 6) is 1.14. The standard InChI is InChI=1S/C19H31N5O/c1-15-5-9-21-19(22-15)24-13-7-17(8-14-24)18(25)20-10-6-16(2)23-11-3-4-12-23/h5,9,16-17H,3-4,6-8,10-14H2,1-2H3,(H,20,25). The Morgan fingerprint density at radius 2 is 2.00 bits per heavy atom. The largest absolute Gasteiger partial charge is 0.356 e. The minimum atomic E-state index is 0.128. The summed E-state index contributed by atoms with van der Waals surface area (Å²) in [7, 11) is 0. The molecular weight excluding hydrogens is 314 g/mol. The van der Waals surface area contributed by atoms with Crippen LogP contribution >= 0.6 is 0 Å². The second kappa shape index (κ2) is 8.61. The lowest BCUT2D eigenvalue weighted by Crippen LogP contribution is -2.42. The molecule has 2 fully saturated rings. The third kappa shape index (κ3) is 4.91. The van der Waals surface area contributed by atoms with Gasteiger partial charge in [-0.05, 0) is 65.1 Å². The van der Waals surface area contributed by atoms with Crippen molar-refractivity contribution in [3.8, 4) is 0 Å². The molecule has 1 atom stereocenters. The number of nitrogens with one attached hydrogen (secondary N) is 1. The molecule has 1 aromatic rings. The lowest BCUT2D eigenvalue weighted by Gasteiger charge is -2.31. The highest BCUT2D eigenvalue weighted by atomic mass is 16.1. The third-order valence-corrected chi connectivity index (χ3v) is 5.56. The van der Waals surface area contributed by atoms with Gasteiger partial charge < -0.3 is 15.1 Å². The SMILES string of the molecule is Cc1ccnc(N2CCC(C(=O)NCCC(C)N3CCCC3)CC2)n1. The summed E-state index contributed by atoms with van der Waals surface area (Å²) in [4.78, 5) is 26.0. The second-order valence-corrected chi connectivity index (χ2v) is 7.43. The molecule has 1 N–H and O–H groups in total. The topological polar surface area (TPSA) is 61.4 Å². The van der Waals surface area contributed by atoms with Crippen LogP contribution < -0.4 is 10.2 Å². The van der Waals surface area contributed by atoms with Gasteiger partial charge in [0.2, 0.25) is 11.9 Å². The third-order valence-electron chi connectivity index (χ3n) is 5.56. The number of aryl methyl sites for hydroxylation is 1. The first-order valence-electron chi connectivity index (χ1n) is 9.70. The molecule has 1 amide bonds. The van der Waals surface area contributed by atoms with Crippen LogP contribution in [0.1, 0.15) is 44.7 Å². The highest BCUT2D eigenvalue weighted by Gasteiger charge is 2.26. The highest BCUT2D eigenvalue weighted by Crippen LogP contribution is 2.21. The molecule has 6 nitrogen and oxygen atoms in total. The number of rotatable bonds is 6. The molecule has 2 aliphatic heterocycles. The number of hydrogen-bond donors (Lipinski definition) is 1. The van der Waals surface area contributed by atoms with Gasteiger partial charge in [-0.25, -0.2) is 9.97 Å². The average molecular weight is 345 g/mol. The van der Waals surface area contributed by atoms with Gasteiger partial charge in [0.15, 0.2) is 0 Å². The van der Waals surface area contributed by atoms with Crippen molar-refractivity contribution in [2.24, 2.45) is 5.92 Å². The zero-order valence-corrected chi connectivity index (χ0v) is 15.6. The number of nitrogens with zero attached hydrogens (tertiary/aromatic N) is 4. The Balaban J connectivity index is 1.38. The van der Waals surface area contributed by atoms with E-state index in [0.29, 0.717) is 6.04 Å². The van der Waals surface area contributed by atoms with Gasteiger partial charge in [-0.2, -0.15) is 0 Å². The summed E-state index contributed by atoms with van der Waals surface area (Å²) in [5.41, 5.74) is 0.983. The number of likely N-dealkylation sites (tertiary alicyclic amines) is 1. The number of carbonyl (C=O) groups excluding carboxylic acids is 1. The molecule has 6 heteroatoms. The fraction of sp³-hybridized carbons (Fsp3) is 0.737. The van der Waals surface area contributed by atoms with Crippen LogP contribution in [0.25, 0.3) is 0 Å². The van der Waals surface area contributed by atoms with E-state index in [4.69, 9.17) is 0 Å². The van der Waals surface area contributed by atoms with Crippen LogP contribution in [0, 0.1) is 12.8 Å². The highest BCUT2D eigenvalue weighted by molar-refractivity contribution is 5.78. The van der Waals surface area contributed by atoms with Gasteiger partial charge in [-0.15, -0.1) is 0 Å². The number of carbonyl (C=O) groups is 1. The van der Waals surface area contributed by atoms with E-state index < -0.39 is 0 Å². The predicted molar refractivity (Wildman–Crippen MR) is 99.6 cm³/mol. The Morgan fingerprint density at radius 3 is 2.68 bits per heavy atom. The van der Waals surface area contributed by atoms with Gasteiger partial charge in [0.05, 0.1) is 0 Å². The van der Waals surface area contributed by atoms with Gasteiger partial charge in [0.25, 0.3) is 0 Å². The van der Waals surface area contributed by atoms with Crippen molar-refractivity contribution in [3.05, 3.63) is 18.0 Å². The first kappa shape index (κ1) is 18.1. The molecule has 2 saturated heterocycles. The van der Waals surface area contributed by atoms with E-state index in [1.54, 1.807) is 6.20 Å². The maximum absolute atomic E-state index is 12.4. The molecule has 0 saturated carbocycles. The molecule has 0 spiro atoms. The zero-order chi connectivity index (χ0) is 17.6. The Morgan fingerprint density at radius 1 is 1.28 bits per heavy atom. The Hall–Kier alpha value is -1.69. The molecular formula is C19H31N5O. The average Bonchev–Trinajstić information content (AvgIpc) is 3.16. The van der Waals surface area contributed by atoms with Crippen molar-refractivity contribution in [2.75, 3.05) is 37.6 Å². The molecule has 2 aliphatic rings. The van der Waals surface area contributed by atoms with Gasteiger partial charge in [0, 0.05) is 43.5 Å². The first-order valence-corrected chi connectivity index (χ1v) is 9.70. The summed E-state index contributed by atoms with van der Waals surface area (Å²) in [5, 5.41) is 3.16. The summed E-state index contributed by atoms with van der Waals surface area (Å²) in [6.07, 6.45) is 7.25. The van der Waals surface area contributed by atoms with Gasteiger partial charge in [-0.3, -0.25) is 4.79 Å². The van der Waals surface area contributed by atoms with Crippen LogP contribution in [0.4, 0.5) is 5.95 Å². The van der Waals surface area contributed by atoms with Crippen molar-refractivity contribution < 1.29 is 4.79 Å².